The first kappa shape index (κ1) is 24.8. The molecule has 0 aliphatic heterocycles. The van der Waals surface area contributed by atoms with Gasteiger partial charge in [-0.3, -0.25) is 23.0 Å². The van der Waals surface area contributed by atoms with Gasteiger partial charge in [0.1, 0.15) is 5.69 Å². The number of phosphoric ester groups is 1. The van der Waals surface area contributed by atoms with Crippen molar-refractivity contribution in [2.75, 3.05) is 13.2 Å². The maximum atomic E-state index is 13.5. The highest BCUT2D eigenvalue weighted by Crippen LogP contribution is 2.51. The minimum Gasteiger partial charge on any atom is -0.383 e. The van der Waals surface area contributed by atoms with Gasteiger partial charge in [-0.1, -0.05) is 57.0 Å². The van der Waals surface area contributed by atoms with Crippen LogP contribution in [0.2, 0.25) is 0 Å². The van der Waals surface area contributed by atoms with E-state index in [2.05, 4.69) is 9.97 Å². The standard InChI is InChI=1S/C22H29N4O6P/c1-5-7-14-30-33(29,31-15-8-6-2)32-20-17(16-12-10-9-11-13-16)23-18-19(24-20)25(3)22(28)26(4)21(18)27/h9-13H,5-8,14-15H2,1-4H3. The third-order valence-corrected chi connectivity index (χ3v) is 6.38. The van der Waals surface area contributed by atoms with Gasteiger partial charge in [-0.05, 0) is 12.8 Å². The molecular formula is C22H29N4O6P. The van der Waals surface area contributed by atoms with Crippen LogP contribution in [0.15, 0.2) is 39.9 Å². The molecule has 0 amide bonds. The van der Waals surface area contributed by atoms with E-state index in [-0.39, 0.29) is 36.0 Å². The normalized spacial score (nSPS) is 11.8. The molecule has 0 atom stereocenters. The molecular weight excluding hydrogens is 447 g/mol. The van der Waals surface area contributed by atoms with Crippen LogP contribution in [0.4, 0.5) is 0 Å². The number of rotatable bonds is 11. The van der Waals surface area contributed by atoms with Crippen molar-refractivity contribution in [3.8, 4) is 17.1 Å². The summed E-state index contributed by atoms with van der Waals surface area (Å²) < 4.78 is 32.4. The van der Waals surface area contributed by atoms with Crippen molar-refractivity contribution in [3.05, 3.63) is 51.2 Å². The molecule has 33 heavy (non-hydrogen) atoms. The van der Waals surface area contributed by atoms with E-state index in [4.69, 9.17) is 13.6 Å². The van der Waals surface area contributed by atoms with E-state index in [9.17, 15) is 14.2 Å². The summed E-state index contributed by atoms with van der Waals surface area (Å²) in [6, 6.07) is 8.93. The molecule has 0 saturated carbocycles. The maximum absolute atomic E-state index is 13.5. The summed E-state index contributed by atoms with van der Waals surface area (Å²) in [7, 11) is -1.20. The number of benzene rings is 1. The Bertz CT molecular complexity index is 1260. The minimum absolute atomic E-state index is 0.00597. The molecule has 1 aromatic carbocycles. The van der Waals surface area contributed by atoms with E-state index in [0.717, 1.165) is 17.4 Å². The Hall–Kier alpha value is -2.81. The lowest BCUT2D eigenvalue weighted by Crippen LogP contribution is -2.37. The van der Waals surface area contributed by atoms with Crippen LogP contribution in [0.1, 0.15) is 39.5 Å². The Balaban J connectivity index is 2.18. The highest BCUT2D eigenvalue weighted by Gasteiger charge is 2.32. The molecule has 11 heteroatoms. The summed E-state index contributed by atoms with van der Waals surface area (Å²) in [5.41, 5.74) is -0.387. The summed E-state index contributed by atoms with van der Waals surface area (Å²) in [5.74, 6) is -0.145. The molecule has 0 fully saturated rings. The Morgan fingerprint density at radius 1 is 0.909 bits per heavy atom. The van der Waals surface area contributed by atoms with E-state index in [1.54, 1.807) is 24.3 Å². The van der Waals surface area contributed by atoms with Gasteiger partial charge in [-0.15, -0.1) is 0 Å². The number of hydrogen-bond acceptors (Lipinski definition) is 8. The van der Waals surface area contributed by atoms with Crippen molar-refractivity contribution in [2.24, 2.45) is 14.1 Å². The number of fused-ring (bicyclic) bond motifs is 1. The monoisotopic (exact) mass is 476 g/mol. The first-order valence-corrected chi connectivity index (χ1v) is 12.4. The Kier molecular flexibility index (Phi) is 8.18. The summed E-state index contributed by atoms with van der Waals surface area (Å²) in [4.78, 5) is 34.0. The summed E-state index contributed by atoms with van der Waals surface area (Å²) in [5, 5.41) is 0. The molecule has 0 N–H and O–H groups in total. The Labute approximate surface area is 191 Å². The lowest BCUT2D eigenvalue weighted by molar-refractivity contribution is 0.151. The van der Waals surface area contributed by atoms with Crippen molar-refractivity contribution >= 4 is 19.0 Å². The zero-order valence-electron chi connectivity index (χ0n) is 19.3. The van der Waals surface area contributed by atoms with Gasteiger partial charge in [0.2, 0.25) is 0 Å². The average Bonchev–Trinajstić information content (AvgIpc) is 2.82. The molecule has 0 unspecified atom stereocenters. The lowest BCUT2D eigenvalue weighted by Gasteiger charge is -2.20. The molecule has 0 saturated heterocycles. The minimum atomic E-state index is -4.05. The van der Waals surface area contributed by atoms with Crippen LogP contribution < -0.4 is 15.8 Å². The maximum Gasteiger partial charge on any atom is 0.531 e. The second-order valence-corrected chi connectivity index (χ2v) is 9.13. The molecule has 2 aromatic heterocycles. The van der Waals surface area contributed by atoms with Crippen molar-refractivity contribution < 1.29 is 18.1 Å². The number of aryl methyl sites for hydroxylation is 1. The number of aromatic nitrogens is 4. The van der Waals surface area contributed by atoms with Gasteiger partial charge in [0.05, 0.1) is 13.2 Å². The predicted molar refractivity (Wildman–Crippen MR) is 125 cm³/mol. The van der Waals surface area contributed by atoms with Crippen LogP contribution in [0, 0.1) is 0 Å². The summed E-state index contributed by atoms with van der Waals surface area (Å²) in [6.45, 7) is 4.33. The predicted octanol–water partition coefficient (Wildman–Crippen LogP) is 3.81. The van der Waals surface area contributed by atoms with Gasteiger partial charge >= 0.3 is 13.5 Å². The van der Waals surface area contributed by atoms with Crippen LogP contribution in [-0.2, 0) is 27.7 Å². The van der Waals surface area contributed by atoms with Gasteiger partial charge < -0.3 is 4.52 Å². The second kappa shape index (κ2) is 10.9. The lowest BCUT2D eigenvalue weighted by atomic mass is 10.1. The van der Waals surface area contributed by atoms with Crippen LogP contribution in [0.25, 0.3) is 22.4 Å². The summed E-state index contributed by atoms with van der Waals surface area (Å²) >= 11 is 0. The fourth-order valence-electron chi connectivity index (χ4n) is 3.04. The number of unbranched alkanes of at least 4 members (excludes halogenated alkanes) is 2. The van der Waals surface area contributed by atoms with Crippen LogP contribution >= 0.6 is 7.82 Å². The fourth-order valence-corrected chi connectivity index (χ4v) is 4.26. The summed E-state index contributed by atoms with van der Waals surface area (Å²) in [6.07, 6.45) is 3.02. The smallest absolute Gasteiger partial charge is 0.383 e. The largest absolute Gasteiger partial charge is 0.531 e. The molecule has 10 nitrogen and oxygen atoms in total. The molecule has 178 valence electrons. The van der Waals surface area contributed by atoms with Crippen LogP contribution in [-0.4, -0.2) is 32.3 Å². The highest BCUT2D eigenvalue weighted by molar-refractivity contribution is 7.48. The van der Waals surface area contributed by atoms with Gasteiger partial charge in [0, 0.05) is 19.7 Å². The quantitative estimate of drug-likeness (QED) is 0.303. The van der Waals surface area contributed by atoms with E-state index in [1.165, 1.54) is 18.7 Å². The average molecular weight is 476 g/mol. The van der Waals surface area contributed by atoms with E-state index < -0.39 is 19.1 Å². The van der Waals surface area contributed by atoms with Gasteiger partial charge in [-0.25, -0.2) is 14.3 Å². The zero-order chi connectivity index (χ0) is 24.0. The van der Waals surface area contributed by atoms with E-state index in [0.29, 0.717) is 18.4 Å². The third-order valence-electron chi connectivity index (χ3n) is 4.98. The fraction of sp³-hybridized carbons (Fsp3) is 0.455. The van der Waals surface area contributed by atoms with E-state index >= 15 is 0 Å². The van der Waals surface area contributed by atoms with Gasteiger partial charge in [0.15, 0.2) is 11.2 Å². The van der Waals surface area contributed by atoms with Gasteiger partial charge in [-0.2, -0.15) is 4.98 Å². The molecule has 3 rings (SSSR count). The van der Waals surface area contributed by atoms with Crippen LogP contribution in [0.3, 0.4) is 0 Å². The Morgan fingerprint density at radius 2 is 1.52 bits per heavy atom. The van der Waals surface area contributed by atoms with Crippen molar-refractivity contribution in [3.63, 3.8) is 0 Å². The number of hydrogen-bond donors (Lipinski definition) is 0. The van der Waals surface area contributed by atoms with Crippen LogP contribution in [0.5, 0.6) is 5.88 Å². The highest BCUT2D eigenvalue weighted by atomic mass is 31.2. The zero-order valence-corrected chi connectivity index (χ0v) is 20.2. The SMILES string of the molecule is CCCCOP(=O)(OCCCC)Oc1nc2c(nc1-c1ccccc1)c(=O)n(C)c(=O)n2C. The van der Waals surface area contributed by atoms with Crippen molar-refractivity contribution in [2.45, 2.75) is 39.5 Å². The van der Waals surface area contributed by atoms with Crippen molar-refractivity contribution in [1.29, 1.82) is 0 Å². The number of phosphoric acid groups is 1. The Morgan fingerprint density at radius 3 is 2.09 bits per heavy atom. The number of nitrogens with zero attached hydrogens (tertiary/aromatic N) is 4. The molecule has 0 radical (unpaired) electrons. The molecule has 0 spiro atoms. The molecule has 0 bridgehead atoms. The van der Waals surface area contributed by atoms with Crippen molar-refractivity contribution in [1.82, 2.24) is 19.1 Å². The third kappa shape index (κ3) is 5.58. The second-order valence-electron chi connectivity index (χ2n) is 7.53. The molecule has 0 aliphatic rings. The molecule has 0 aliphatic carbocycles. The molecule has 2 heterocycles. The topological polar surface area (TPSA) is 115 Å². The first-order valence-electron chi connectivity index (χ1n) is 10.9. The van der Waals surface area contributed by atoms with Gasteiger partial charge in [0.25, 0.3) is 11.4 Å². The van der Waals surface area contributed by atoms with E-state index in [1.807, 2.05) is 19.9 Å². The molecule has 3 aromatic rings. The first-order chi connectivity index (χ1) is 15.8.